The number of carboxylic acid groups (broad SMARTS) is 1. The lowest BCUT2D eigenvalue weighted by Gasteiger charge is -2.32. The van der Waals surface area contributed by atoms with Crippen molar-refractivity contribution in [1.82, 2.24) is 9.88 Å². The molecule has 5 rings (SSSR count). The lowest BCUT2D eigenvalue weighted by atomic mass is 9.96. The number of carbonyl (C=O) groups excluding carboxylic acids is 1. The number of aliphatic carboxylic acids is 1. The van der Waals surface area contributed by atoms with Gasteiger partial charge in [0, 0.05) is 48.7 Å². The Labute approximate surface area is 237 Å². The van der Waals surface area contributed by atoms with Crippen LogP contribution in [0.4, 0.5) is 24.7 Å². The second-order valence-electron chi connectivity index (χ2n) is 10.9. The Morgan fingerprint density at radius 3 is 2.27 bits per heavy atom. The van der Waals surface area contributed by atoms with Crippen molar-refractivity contribution in [3.05, 3.63) is 77.5 Å². The number of nitrogens with one attached hydrogen (secondary N) is 1. The molecule has 0 aliphatic carbocycles. The largest absolute Gasteiger partial charge is 0.481 e. The van der Waals surface area contributed by atoms with E-state index in [1.54, 1.807) is 24.4 Å². The fourth-order valence-electron chi connectivity index (χ4n) is 5.64. The summed E-state index contributed by atoms with van der Waals surface area (Å²) in [6.45, 7) is 4.98. The molecule has 2 fully saturated rings. The normalized spacial score (nSPS) is 18.4. The average molecular weight is 567 g/mol. The summed E-state index contributed by atoms with van der Waals surface area (Å²) in [6, 6.07) is 14.4. The molecule has 1 amide bonds. The van der Waals surface area contributed by atoms with Gasteiger partial charge in [0.05, 0.1) is 11.5 Å². The van der Waals surface area contributed by atoms with E-state index in [9.17, 15) is 27.9 Å². The van der Waals surface area contributed by atoms with Gasteiger partial charge in [-0.15, -0.1) is 0 Å². The number of pyridine rings is 1. The minimum absolute atomic E-state index is 0.312. The van der Waals surface area contributed by atoms with E-state index in [2.05, 4.69) is 27.0 Å². The number of hydrogen-bond acceptors (Lipinski definition) is 5. The van der Waals surface area contributed by atoms with Crippen molar-refractivity contribution >= 4 is 23.4 Å². The summed E-state index contributed by atoms with van der Waals surface area (Å²) in [5.74, 6) is -1.02. The number of amides is 1. The van der Waals surface area contributed by atoms with Crippen molar-refractivity contribution in [1.29, 1.82) is 0 Å². The Balaban J connectivity index is 1.32. The lowest BCUT2D eigenvalue weighted by molar-refractivity contribution is -0.142. The van der Waals surface area contributed by atoms with E-state index in [1.165, 1.54) is 12.1 Å². The number of carbonyl (C=O) groups is 2. The third-order valence-electron chi connectivity index (χ3n) is 8.16. The molecule has 10 heteroatoms. The minimum atomic E-state index is -4.41. The van der Waals surface area contributed by atoms with Crippen LogP contribution >= 0.6 is 0 Å². The number of piperidine rings is 1. The van der Waals surface area contributed by atoms with E-state index < -0.39 is 17.7 Å². The molecule has 2 saturated heterocycles. The third-order valence-corrected chi connectivity index (χ3v) is 8.16. The van der Waals surface area contributed by atoms with Crippen LogP contribution in [0, 0.1) is 5.92 Å². The Kier molecular flexibility index (Phi) is 8.30. The number of likely N-dealkylation sites (tertiary alicyclic amines) is 1. The number of hydrogen-bond donors (Lipinski definition) is 2. The molecule has 0 bridgehead atoms. The second kappa shape index (κ2) is 11.9. The van der Waals surface area contributed by atoms with Gasteiger partial charge in [-0.3, -0.25) is 14.5 Å². The number of carboxylic acids is 1. The molecular weight excluding hydrogens is 533 g/mol. The van der Waals surface area contributed by atoms with Crippen LogP contribution in [-0.4, -0.2) is 52.5 Å². The summed E-state index contributed by atoms with van der Waals surface area (Å²) < 4.78 is 39.3. The summed E-state index contributed by atoms with van der Waals surface area (Å²) in [6.07, 6.45) is 0.539. The number of alkyl halides is 3. The Morgan fingerprint density at radius 2 is 1.68 bits per heavy atom. The van der Waals surface area contributed by atoms with Gasteiger partial charge < -0.3 is 15.3 Å². The van der Waals surface area contributed by atoms with Gasteiger partial charge in [-0.05, 0) is 92.7 Å². The zero-order valence-electron chi connectivity index (χ0n) is 22.8. The van der Waals surface area contributed by atoms with Crippen LogP contribution in [0.15, 0.2) is 60.8 Å². The maximum absolute atomic E-state index is 13.1. The van der Waals surface area contributed by atoms with Gasteiger partial charge in [-0.2, -0.15) is 13.2 Å². The van der Waals surface area contributed by atoms with Crippen molar-refractivity contribution in [3.63, 3.8) is 0 Å². The quantitative estimate of drug-likeness (QED) is 0.349. The summed E-state index contributed by atoms with van der Waals surface area (Å²) in [5, 5.41) is 12.1. The van der Waals surface area contributed by atoms with Crippen molar-refractivity contribution in [3.8, 4) is 11.1 Å². The van der Waals surface area contributed by atoms with Crippen LogP contribution in [0.5, 0.6) is 0 Å². The third kappa shape index (κ3) is 6.70. The zero-order chi connectivity index (χ0) is 29.1. The first-order valence-electron chi connectivity index (χ1n) is 13.9. The summed E-state index contributed by atoms with van der Waals surface area (Å²) in [4.78, 5) is 33.2. The molecule has 0 radical (unpaired) electrons. The van der Waals surface area contributed by atoms with Gasteiger partial charge in [-0.1, -0.05) is 12.1 Å². The van der Waals surface area contributed by atoms with Gasteiger partial charge >= 0.3 is 12.1 Å². The van der Waals surface area contributed by atoms with Crippen LogP contribution in [0.1, 0.15) is 54.1 Å². The van der Waals surface area contributed by atoms with Crippen molar-refractivity contribution < 1.29 is 27.9 Å². The van der Waals surface area contributed by atoms with Gasteiger partial charge in [-0.25, -0.2) is 4.98 Å². The topological polar surface area (TPSA) is 85.8 Å². The number of anilines is 2. The molecule has 216 valence electrons. The molecule has 0 spiro atoms. The van der Waals surface area contributed by atoms with Gasteiger partial charge in [0.25, 0.3) is 5.91 Å². The smallest absolute Gasteiger partial charge is 0.416 e. The molecule has 41 heavy (non-hydrogen) atoms. The maximum atomic E-state index is 13.1. The van der Waals surface area contributed by atoms with Crippen molar-refractivity contribution in [2.75, 3.05) is 29.9 Å². The highest BCUT2D eigenvalue weighted by molar-refractivity contribution is 6.04. The minimum Gasteiger partial charge on any atom is -0.481 e. The molecule has 1 aromatic heterocycles. The van der Waals surface area contributed by atoms with Crippen LogP contribution in [0.3, 0.4) is 0 Å². The maximum Gasteiger partial charge on any atom is 0.416 e. The highest BCUT2D eigenvalue weighted by Crippen LogP contribution is 2.33. The van der Waals surface area contributed by atoms with Crippen LogP contribution < -0.4 is 10.2 Å². The molecule has 2 N–H and O–H groups in total. The molecule has 2 aliphatic rings. The molecule has 1 atom stereocenters. The molecule has 2 aromatic carbocycles. The van der Waals surface area contributed by atoms with Gasteiger partial charge in [0.1, 0.15) is 5.82 Å². The van der Waals surface area contributed by atoms with Crippen LogP contribution in [0.25, 0.3) is 11.1 Å². The highest BCUT2D eigenvalue weighted by atomic mass is 19.4. The van der Waals surface area contributed by atoms with E-state index in [-0.39, 0.29) is 11.8 Å². The number of rotatable bonds is 7. The predicted molar refractivity (Wildman–Crippen MR) is 151 cm³/mol. The summed E-state index contributed by atoms with van der Waals surface area (Å²) >= 11 is 0. The Hall–Kier alpha value is -3.92. The predicted octanol–water partition coefficient (Wildman–Crippen LogP) is 6.31. The van der Waals surface area contributed by atoms with E-state index >= 15 is 0 Å². The first-order chi connectivity index (χ1) is 19.6. The Bertz CT molecular complexity index is 1390. The summed E-state index contributed by atoms with van der Waals surface area (Å²) in [5.41, 5.74) is 2.93. The standard InChI is InChI=1S/C31H33F3N4O3/c1-20-3-2-14-38(20)19-24-17-28(35-18-27(24)21-4-8-25(9-5-21)31(32,33)34)36-29(39)22-6-10-26(11-7-22)37-15-12-23(13-16-37)30(40)41/h4-11,17-18,20,23H,2-3,12-16,19H2,1H3,(H,40,41)(H,35,36,39)/t20-/m1/s1. The molecule has 2 aliphatic heterocycles. The lowest BCUT2D eigenvalue weighted by Crippen LogP contribution is -2.36. The number of halogens is 3. The van der Waals surface area contributed by atoms with Gasteiger partial charge in [0.2, 0.25) is 0 Å². The molecule has 0 saturated carbocycles. The molecule has 3 aromatic rings. The first-order valence-corrected chi connectivity index (χ1v) is 13.9. The van der Waals surface area contributed by atoms with E-state index in [4.69, 9.17) is 0 Å². The average Bonchev–Trinajstić information content (AvgIpc) is 3.37. The fraction of sp³-hybridized carbons (Fsp3) is 0.387. The van der Waals surface area contributed by atoms with E-state index in [1.807, 2.05) is 12.1 Å². The van der Waals surface area contributed by atoms with Crippen LogP contribution in [0.2, 0.25) is 0 Å². The first kappa shape index (κ1) is 28.6. The SMILES string of the molecule is C[C@@H]1CCCN1Cc1cc(NC(=O)c2ccc(N3CCC(C(=O)O)CC3)cc2)ncc1-c1ccc(C(F)(F)F)cc1. The highest BCUT2D eigenvalue weighted by Gasteiger charge is 2.30. The number of nitrogens with zero attached hydrogens (tertiary/aromatic N) is 3. The van der Waals surface area contributed by atoms with Crippen LogP contribution in [-0.2, 0) is 17.5 Å². The van der Waals surface area contributed by atoms with E-state index in [0.29, 0.717) is 55.5 Å². The van der Waals surface area contributed by atoms with Crippen molar-refractivity contribution in [2.45, 2.75) is 51.4 Å². The fourth-order valence-corrected chi connectivity index (χ4v) is 5.64. The summed E-state index contributed by atoms with van der Waals surface area (Å²) in [7, 11) is 0. The molecular formula is C31H33F3N4O3. The molecule has 0 unspecified atom stereocenters. The number of benzene rings is 2. The second-order valence-corrected chi connectivity index (χ2v) is 10.9. The molecule has 7 nitrogen and oxygen atoms in total. The monoisotopic (exact) mass is 566 g/mol. The number of aromatic nitrogens is 1. The Morgan fingerprint density at radius 1 is 1.00 bits per heavy atom. The zero-order valence-corrected chi connectivity index (χ0v) is 22.8. The van der Waals surface area contributed by atoms with Gasteiger partial charge in [0.15, 0.2) is 0 Å². The van der Waals surface area contributed by atoms with E-state index in [0.717, 1.165) is 48.3 Å². The molecule has 3 heterocycles. The van der Waals surface area contributed by atoms with Crippen molar-refractivity contribution in [2.24, 2.45) is 5.92 Å².